The number of fused-ring (bicyclic) bond motifs is 1. The molecule has 0 saturated heterocycles. The van der Waals surface area contributed by atoms with Crippen molar-refractivity contribution in [3.63, 3.8) is 0 Å². The number of pyridine rings is 1. The van der Waals surface area contributed by atoms with E-state index in [1.54, 1.807) is 12.3 Å². The SMILES string of the molecule is CNCCN(C)Cc1ncccc1N1CCc2ccc(C(F)(F)F)cc2CC1. The van der Waals surface area contributed by atoms with Gasteiger partial charge in [0.1, 0.15) is 0 Å². The van der Waals surface area contributed by atoms with Crippen LogP contribution >= 0.6 is 0 Å². The van der Waals surface area contributed by atoms with E-state index in [2.05, 4.69) is 33.2 Å². The van der Waals surface area contributed by atoms with Crippen molar-refractivity contribution < 1.29 is 13.2 Å². The van der Waals surface area contributed by atoms with E-state index in [-0.39, 0.29) is 0 Å². The average molecular weight is 392 g/mol. The van der Waals surface area contributed by atoms with E-state index in [1.807, 2.05) is 13.1 Å². The minimum absolute atomic E-state index is 0.562. The summed E-state index contributed by atoms with van der Waals surface area (Å²) in [5, 5.41) is 3.14. The molecule has 3 rings (SSSR count). The van der Waals surface area contributed by atoms with Gasteiger partial charge < -0.3 is 10.2 Å². The number of hydrogen-bond donors (Lipinski definition) is 1. The lowest BCUT2D eigenvalue weighted by molar-refractivity contribution is -0.137. The minimum atomic E-state index is -4.30. The van der Waals surface area contributed by atoms with Gasteiger partial charge in [0.2, 0.25) is 0 Å². The average Bonchev–Trinajstić information content (AvgIpc) is 2.88. The Labute approximate surface area is 164 Å². The highest BCUT2D eigenvalue weighted by molar-refractivity contribution is 5.52. The van der Waals surface area contributed by atoms with E-state index in [1.165, 1.54) is 12.1 Å². The molecule has 1 aromatic carbocycles. The summed E-state index contributed by atoms with van der Waals surface area (Å²) in [6.45, 7) is 4.02. The molecule has 0 unspecified atom stereocenters. The molecule has 7 heteroatoms. The van der Waals surface area contributed by atoms with Crippen LogP contribution in [0.25, 0.3) is 0 Å². The van der Waals surface area contributed by atoms with Gasteiger partial charge in [0.25, 0.3) is 0 Å². The predicted octanol–water partition coefficient (Wildman–Crippen LogP) is 3.36. The van der Waals surface area contributed by atoms with Crippen molar-refractivity contribution >= 4 is 5.69 Å². The van der Waals surface area contributed by atoms with Crippen molar-refractivity contribution in [2.24, 2.45) is 0 Å². The number of aromatic nitrogens is 1. The fourth-order valence-corrected chi connectivity index (χ4v) is 3.62. The number of rotatable bonds is 6. The van der Waals surface area contributed by atoms with Crippen LogP contribution in [0.2, 0.25) is 0 Å². The number of benzene rings is 1. The van der Waals surface area contributed by atoms with Crippen LogP contribution < -0.4 is 10.2 Å². The number of nitrogens with one attached hydrogen (secondary N) is 1. The Morgan fingerprint density at radius 1 is 1.14 bits per heavy atom. The lowest BCUT2D eigenvalue weighted by Crippen LogP contribution is -2.30. The zero-order valence-electron chi connectivity index (χ0n) is 16.4. The van der Waals surface area contributed by atoms with Gasteiger partial charge >= 0.3 is 6.18 Å². The summed E-state index contributed by atoms with van der Waals surface area (Å²) in [5.74, 6) is 0. The molecule has 0 saturated carbocycles. The van der Waals surface area contributed by atoms with Gasteiger partial charge in [-0.2, -0.15) is 13.2 Å². The van der Waals surface area contributed by atoms with Gasteiger partial charge in [-0.3, -0.25) is 9.88 Å². The summed E-state index contributed by atoms with van der Waals surface area (Å²) >= 11 is 0. The molecule has 152 valence electrons. The number of halogens is 3. The van der Waals surface area contributed by atoms with Gasteiger partial charge in [0, 0.05) is 38.9 Å². The number of likely N-dealkylation sites (N-methyl/N-ethyl adjacent to an activating group) is 2. The summed E-state index contributed by atoms with van der Waals surface area (Å²) < 4.78 is 39.1. The summed E-state index contributed by atoms with van der Waals surface area (Å²) in [7, 11) is 3.99. The molecule has 2 heterocycles. The van der Waals surface area contributed by atoms with Crippen LogP contribution in [-0.2, 0) is 25.6 Å². The van der Waals surface area contributed by atoms with Gasteiger partial charge in [-0.05, 0) is 62.3 Å². The van der Waals surface area contributed by atoms with Crippen LogP contribution in [0.4, 0.5) is 18.9 Å². The van der Waals surface area contributed by atoms with Crippen LogP contribution in [0.1, 0.15) is 22.4 Å². The topological polar surface area (TPSA) is 31.4 Å². The number of anilines is 1. The maximum absolute atomic E-state index is 13.0. The Kier molecular flexibility index (Phi) is 6.57. The first-order valence-corrected chi connectivity index (χ1v) is 9.59. The lowest BCUT2D eigenvalue weighted by atomic mass is 10.00. The molecule has 1 aromatic heterocycles. The molecule has 28 heavy (non-hydrogen) atoms. The van der Waals surface area contributed by atoms with Crippen LogP contribution in [0.15, 0.2) is 36.5 Å². The van der Waals surface area contributed by atoms with Gasteiger partial charge in [-0.1, -0.05) is 6.07 Å². The standard InChI is InChI=1S/C21H27F3N4/c1-25-10-13-27(2)15-19-20(4-3-9-26-19)28-11-7-16-5-6-18(21(22,23)24)14-17(16)8-12-28/h3-6,9,14,25H,7-8,10-13,15H2,1-2H3. The first-order valence-electron chi connectivity index (χ1n) is 9.59. The molecule has 0 fully saturated rings. The molecule has 0 spiro atoms. The Morgan fingerprint density at radius 2 is 1.89 bits per heavy atom. The van der Waals surface area contributed by atoms with E-state index in [0.29, 0.717) is 13.0 Å². The zero-order valence-corrected chi connectivity index (χ0v) is 16.4. The van der Waals surface area contributed by atoms with Crippen LogP contribution in [-0.4, -0.2) is 50.2 Å². The second-order valence-corrected chi connectivity index (χ2v) is 7.28. The van der Waals surface area contributed by atoms with E-state index in [0.717, 1.165) is 55.1 Å². The van der Waals surface area contributed by atoms with Crippen LogP contribution in [0.3, 0.4) is 0 Å². The molecule has 0 bridgehead atoms. The van der Waals surface area contributed by atoms with Crippen molar-refractivity contribution in [2.45, 2.75) is 25.6 Å². The predicted molar refractivity (Wildman–Crippen MR) is 106 cm³/mol. The van der Waals surface area contributed by atoms with Crippen molar-refractivity contribution in [1.29, 1.82) is 0 Å². The molecule has 1 aliphatic heterocycles. The van der Waals surface area contributed by atoms with E-state index in [4.69, 9.17) is 0 Å². The van der Waals surface area contributed by atoms with Crippen LogP contribution in [0.5, 0.6) is 0 Å². The van der Waals surface area contributed by atoms with Crippen molar-refractivity contribution in [2.75, 3.05) is 45.2 Å². The first kappa shape index (κ1) is 20.6. The zero-order chi connectivity index (χ0) is 20.1. The number of nitrogens with zero attached hydrogens (tertiary/aromatic N) is 3. The monoisotopic (exact) mass is 392 g/mol. The molecule has 1 N–H and O–H groups in total. The summed E-state index contributed by atoms with van der Waals surface area (Å²) in [4.78, 5) is 9.04. The Hall–Kier alpha value is -2.12. The summed E-state index contributed by atoms with van der Waals surface area (Å²) in [6, 6.07) is 8.13. The lowest BCUT2D eigenvalue weighted by Gasteiger charge is -2.26. The van der Waals surface area contributed by atoms with E-state index in [9.17, 15) is 13.2 Å². The quantitative estimate of drug-likeness (QED) is 0.817. The fourth-order valence-electron chi connectivity index (χ4n) is 3.62. The first-order chi connectivity index (χ1) is 13.4. The number of alkyl halides is 3. The molecule has 0 amide bonds. The molecule has 0 radical (unpaired) electrons. The molecule has 0 atom stereocenters. The van der Waals surface area contributed by atoms with E-state index >= 15 is 0 Å². The molecule has 0 aliphatic carbocycles. The van der Waals surface area contributed by atoms with Crippen molar-refractivity contribution in [3.05, 3.63) is 58.9 Å². The van der Waals surface area contributed by atoms with Gasteiger partial charge in [0.05, 0.1) is 16.9 Å². The summed E-state index contributed by atoms with van der Waals surface area (Å²) in [5.41, 5.74) is 3.32. The molecule has 4 nitrogen and oxygen atoms in total. The molecule has 2 aromatic rings. The third-order valence-electron chi connectivity index (χ3n) is 5.21. The normalized spacial score (nSPS) is 14.9. The van der Waals surface area contributed by atoms with Crippen molar-refractivity contribution in [1.82, 2.24) is 15.2 Å². The van der Waals surface area contributed by atoms with Crippen molar-refractivity contribution in [3.8, 4) is 0 Å². The van der Waals surface area contributed by atoms with Gasteiger partial charge in [0.15, 0.2) is 0 Å². The smallest absolute Gasteiger partial charge is 0.369 e. The highest BCUT2D eigenvalue weighted by Crippen LogP contribution is 2.32. The Bertz CT molecular complexity index is 791. The Balaban J connectivity index is 1.76. The fraction of sp³-hybridized carbons (Fsp3) is 0.476. The molecule has 1 aliphatic rings. The summed E-state index contributed by atoms with van der Waals surface area (Å²) in [6.07, 6.45) is -1.16. The van der Waals surface area contributed by atoms with Crippen LogP contribution in [0, 0.1) is 0 Å². The maximum Gasteiger partial charge on any atom is 0.416 e. The highest BCUT2D eigenvalue weighted by atomic mass is 19.4. The highest BCUT2D eigenvalue weighted by Gasteiger charge is 2.31. The molecular weight excluding hydrogens is 365 g/mol. The van der Waals surface area contributed by atoms with Gasteiger partial charge in [-0.25, -0.2) is 0 Å². The van der Waals surface area contributed by atoms with E-state index < -0.39 is 11.7 Å². The third-order valence-corrected chi connectivity index (χ3v) is 5.21. The van der Waals surface area contributed by atoms with Gasteiger partial charge in [-0.15, -0.1) is 0 Å². The second-order valence-electron chi connectivity index (χ2n) is 7.28. The Morgan fingerprint density at radius 3 is 2.61 bits per heavy atom. The third kappa shape index (κ3) is 5.02. The largest absolute Gasteiger partial charge is 0.416 e. The number of hydrogen-bond acceptors (Lipinski definition) is 4. The maximum atomic E-state index is 13.0. The molecular formula is C21H27F3N4. The second kappa shape index (κ2) is 8.92. The minimum Gasteiger partial charge on any atom is -0.369 e.